The highest BCUT2D eigenvalue weighted by Gasteiger charge is 2.30. The molecule has 3 nitrogen and oxygen atoms in total. The first-order chi connectivity index (χ1) is 9.16. The summed E-state index contributed by atoms with van der Waals surface area (Å²) in [5.41, 5.74) is 6.95. The topological polar surface area (TPSA) is 41.6 Å². The molecule has 0 spiro atoms. The molecule has 1 aromatic heterocycles. The Morgan fingerprint density at radius 2 is 2.11 bits per heavy atom. The summed E-state index contributed by atoms with van der Waals surface area (Å²) in [6.45, 7) is 2.78. The van der Waals surface area contributed by atoms with Crippen molar-refractivity contribution in [3.8, 4) is 0 Å². The SMILES string of the molecule is Cc1ccc(C2CN=C(N)N2c2ccccc2Cl)s1. The molecule has 5 heteroatoms. The largest absolute Gasteiger partial charge is 0.369 e. The van der Waals surface area contributed by atoms with Crippen molar-refractivity contribution in [2.75, 3.05) is 11.4 Å². The van der Waals surface area contributed by atoms with E-state index in [0.717, 1.165) is 5.69 Å². The molecule has 1 atom stereocenters. The number of benzene rings is 1. The van der Waals surface area contributed by atoms with Crippen molar-refractivity contribution in [1.29, 1.82) is 0 Å². The summed E-state index contributed by atoms with van der Waals surface area (Å²) in [7, 11) is 0. The molecule has 0 bridgehead atoms. The molecular formula is C14H14ClN3S. The number of aliphatic imine (C=N–C) groups is 1. The third-order valence-corrected chi connectivity index (χ3v) is 4.61. The van der Waals surface area contributed by atoms with Gasteiger partial charge in [0.15, 0.2) is 5.96 Å². The van der Waals surface area contributed by atoms with E-state index in [-0.39, 0.29) is 6.04 Å². The summed E-state index contributed by atoms with van der Waals surface area (Å²) >= 11 is 8.06. The smallest absolute Gasteiger partial charge is 0.196 e. The van der Waals surface area contributed by atoms with E-state index in [2.05, 4.69) is 24.0 Å². The molecule has 0 aliphatic carbocycles. The molecule has 2 aromatic rings. The third kappa shape index (κ3) is 2.22. The summed E-state index contributed by atoms with van der Waals surface area (Å²) in [4.78, 5) is 8.95. The van der Waals surface area contributed by atoms with Crippen molar-refractivity contribution in [1.82, 2.24) is 0 Å². The molecule has 0 saturated heterocycles. The number of hydrogen-bond donors (Lipinski definition) is 1. The molecule has 3 rings (SSSR count). The van der Waals surface area contributed by atoms with Gasteiger partial charge in [0, 0.05) is 9.75 Å². The molecule has 1 unspecified atom stereocenters. The number of anilines is 1. The summed E-state index contributed by atoms with van der Waals surface area (Å²) in [5, 5.41) is 0.695. The highest BCUT2D eigenvalue weighted by Crippen LogP contribution is 2.37. The monoisotopic (exact) mass is 291 g/mol. The van der Waals surface area contributed by atoms with E-state index in [4.69, 9.17) is 17.3 Å². The van der Waals surface area contributed by atoms with Crippen LogP contribution in [0, 0.1) is 6.92 Å². The Morgan fingerprint density at radius 3 is 2.79 bits per heavy atom. The molecule has 1 aliphatic rings. The zero-order valence-corrected chi connectivity index (χ0v) is 12.1. The van der Waals surface area contributed by atoms with Crippen LogP contribution in [0.4, 0.5) is 5.69 Å². The summed E-state index contributed by atoms with van der Waals surface area (Å²) < 4.78 is 0. The number of rotatable bonds is 2. The molecule has 1 aromatic carbocycles. The van der Waals surface area contributed by atoms with Crippen LogP contribution >= 0.6 is 22.9 Å². The van der Waals surface area contributed by atoms with E-state index in [1.807, 2.05) is 29.2 Å². The molecule has 2 heterocycles. The van der Waals surface area contributed by atoms with Crippen LogP contribution in [-0.4, -0.2) is 12.5 Å². The highest BCUT2D eigenvalue weighted by molar-refractivity contribution is 7.12. The molecule has 0 radical (unpaired) electrons. The number of halogens is 1. The normalized spacial score (nSPS) is 18.7. The maximum Gasteiger partial charge on any atom is 0.196 e. The predicted molar refractivity (Wildman–Crippen MR) is 82.2 cm³/mol. The number of hydrogen-bond acceptors (Lipinski definition) is 4. The van der Waals surface area contributed by atoms with E-state index >= 15 is 0 Å². The Morgan fingerprint density at radius 1 is 1.32 bits per heavy atom. The Hall–Kier alpha value is -1.52. The maximum absolute atomic E-state index is 6.28. The van der Waals surface area contributed by atoms with Crippen molar-refractivity contribution in [3.05, 3.63) is 51.2 Å². The summed E-state index contributed by atoms with van der Waals surface area (Å²) in [6.07, 6.45) is 0. The molecule has 2 N–H and O–H groups in total. The fourth-order valence-corrected chi connectivity index (χ4v) is 3.47. The van der Waals surface area contributed by atoms with E-state index in [9.17, 15) is 0 Å². The average Bonchev–Trinajstić information content (AvgIpc) is 2.96. The van der Waals surface area contributed by atoms with Gasteiger partial charge in [0.1, 0.15) is 0 Å². The van der Waals surface area contributed by atoms with E-state index < -0.39 is 0 Å². The van der Waals surface area contributed by atoms with Gasteiger partial charge in [-0.3, -0.25) is 4.99 Å². The Kier molecular flexibility index (Phi) is 3.21. The number of guanidine groups is 1. The Bertz CT molecular complexity index is 635. The Labute approximate surface area is 121 Å². The van der Waals surface area contributed by atoms with Gasteiger partial charge in [0.25, 0.3) is 0 Å². The minimum Gasteiger partial charge on any atom is -0.369 e. The number of nitrogens with two attached hydrogens (primary N) is 1. The minimum absolute atomic E-state index is 0.151. The quantitative estimate of drug-likeness (QED) is 0.919. The van der Waals surface area contributed by atoms with Gasteiger partial charge < -0.3 is 10.6 Å². The number of aryl methyl sites for hydroxylation is 1. The van der Waals surface area contributed by atoms with Crippen LogP contribution in [0.5, 0.6) is 0 Å². The zero-order chi connectivity index (χ0) is 13.4. The van der Waals surface area contributed by atoms with Gasteiger partial charge in [-0.15, -0.1) is 11.3 Å². The fraction of sp³-hybridized carbons (Fsp3) is 0.214. The molecule has 0 amide bonds. The lowest BCUT2D eigenvalue weighted by molar-refractivity contribution is 0.785. The van der Waals surface area contributed by atoms with E-state index in [1.54, 1.807) is 11.3 Å². The second-order valence-electron chi connectivity index (χ2n) is 4.48. The lowest BCUT2D eigenvalue weighted by Gasteiger charge is -2.26. The molecule has 19 heavy (non-hydrogen) atoms. The van der Waals surface area contributed by atoms with Gasteiger partial charge in [-0.2, -0.15) is 0 Å². The summed E-state index contributed by atoms with van der Waals surface area (Å²) in [5.74, 6) is 0.532. The van der Waals surface area contributed by atoms with Crippen molar-refractivity contribution in [2.24, 2.45) is 10.7 Å². The standard InChI is InChI=1S/C14H14ClN3S/c1-9-6-7-13(19-9)12-8-17-14(16)18(12)11-5-3-2-4-10(11)15/h2-7,12H,8H2,1H3,(H2,16,17). The van der Waals surface area contributed by atoms with E-state index in [0.29, 0.717) is 17.5 Å². The van der Waals surface area contributed by atoms with Crippen LogP contribution < -0.4 is 10.6 Å². The van der Waals surface area contributed by atoms with Crippen LogP contribution in [0.15, 0.2) is 41.4 Å². The van der Waals surface area contributed by atoms with Crippen LogP contribution in [0.2, 0.25) is 5.02 Å². The average molecular weight is 292 g/mol. The van der Waals surface area contributed by atoms with Gasteiger partial charge in [-0.05, 0) is 31.2 Å². The van der Waals surface area contributed by atoms with Crippen molar-refractivity contribution < 1.29 is 0 Å². The summed E-state index contributed by atoms with van der Waals surface area (Å²) in [6, 6.07) is 12.1. The van der Waals surface area contributed by atoms with Gasteiger partial charge in [-0.1, -0.05) is 23.7 Å². The van der Waals surface area contributed by atoms with Crippen LogP contribution in [-0.2, 0) is 0 Å². The van der Waals surface area contributed by atoms with Gasteiger partial charge in [0.2, 0.25) is 0 Å². The van der Waals surface area contributed by atoms with Crippen LogP contribution in [0.3, 0.4) is 0 Å². The first-order valence-corrected chi connectivity index (χ1v) is 7.26. The molecule has 0 fully saturated rings. The number of para-hydroxylation sites is 1. The lowest BCUT2D eigenvalue weighted by Crippen LogP contribution is -2.36. The van der Waals surface area contributed by atoms with Gasteiger partial charge in [0.05, 0.1) is 23.3 Å². The highest BCUT2D eigenvalue weighted by atomic mass is 35.5. The van der Waals surface area contributed by atoms with Crippen molar-refractivity contribution in [2.45, 2.75) is 13.0 Å². The molecular weight excluding hydrogens is 278 g/mol. The van der Waals surface area contributed by atoms with Gasteiger partial charge in [-0.25, -0.2) is 0 Å². The Balaban J connectivity index is 2.02. The fourth-order valence-electron chi connectivity index (χ4n) is 2.29. The minimum atomic E-state index is 0.151. The zero-order valence-electron chi connectivity index (χ0n) is 10.5. The molecule has 1 aliphatic heterocycles. The number of nitrogens with zero attached hydrogens (tertiary/aromatic N) is 2. The van der Waals surface area contributed by atoms with Crippen LogP contribution in [0.1, 0.15) is 15.8 Å². The molecule has 98 valence electrons. The third-order valence-electron chi connectivity index (χ3n) is 3.19. The van der Waals surface area contributed by atoms with E-state index in [1.165, 1.54) is 9.75 Å². The predicted octanol–water partition coefficient (Wildman–Crippen LogP) is 3.59. The first kappa shape index (κ1) is 12.5. The maximum atomic E-state index is 6.28. The molecule has 0 saturated carbocycles. The van der Waals surface area contributed by atoms with Crippen molar-refractivity contribution >= 4 is 34.6 Å². The van der Waals surface area contributed by atoms with Crippen LogP contribution in [0.25, 0.3) is 0 Å². The van der Waals surface area contributed by atoms with Gasteiger partial charge >= 0.3 is 0 Å². The second-order valence-corrected chi connectivity index (χ2v) is 6.21. The first-order valence-electron chi connectivity index (χ1n) is 6.07. The van der Waals surface area contributed by atoms with Crippen molar-refractivity contribution in [3.63, 3.8) is 0 Å². The number of thiophene rings is 1. The second kappa shape index (κ2) is 4.87. The lowest BCUT2D eigenvalue weighted by atomic mass is 10.2.